The molecule has 12 heteroatoms. The molecule has 3 N–H and O–H groups in total. The Morgan fingerprint density at radius 2 is 1.78 bits per heavy atom. The number of anilines is 1. The van der Waals surface area contributed by atoms with Crippen molar-refractivity contribution in [2.24, 2.45) is 5.92 Å². The van der Waals surface area contributed by atoms with Crippen molar-refractivity contribution in [3.05, 3.63) is 66.4 Å². The second-order valence-corrected chi connectivity index (χ2v) is 12.6. The van der Waals surface area contributed by atoms with Crippen LogP contribution in [0.3, 0.4) is 0 Å². The van der Waals surface area contributed by atoms with Crippen molar-refractivity contribution < 1.29 is 37.4 Å². The van der Waals surface area contributed by atoms with Crippen LogP contribution >= 0.6 is 0 Å². The van der Waals surface area contributed by atoms with Crippen molar-refractivity contribution in [3.63, 3.8) is 0 Å². The Bertz CT molecular complexity index is 1610. The van der Waals surface area contributed by atoms with Gasteiger partial charge in [-0.3, -0.25) is 9.59 Å². The van der Waals surface area contributed by atoms with E-state index < -0.39 is 53.2 Å². The van der Waals surface area contributed by atoms with E-state index in [-0.39, 0.29) is 24.6 Å². The second-order valence-electron chi connectivity index (χ2n) is 12.6. The van der Waals surface area contributed by atoms with E-state index in [0.717, 1.165) is 48.6 Å². The summed E-state index contributed by atoms with van der Waals surface area (Å²) in [6, 6.07) is 12.1. The number of hydrogen-bond donors (Lipinski definition) is 3. The summed E-state index contributed by atoms with van der Waals surface area (Å²) in [5.41, 5.74) is -2.07. The van der Waals surface area contributed by atoms with Crippen LogP contribution in [0.4, 0.5) is 18.9 Å². The van der Waals surface area contributed by atoms with Gasteiger partial charge in [0.15, 0.2) is 0 Å². The second kappa shape index (κ2) is 12.8. The minimum atomic E-state index is -4.55. The Morgan fingerprint density at radius 1 is 1.02 bits per heavy atom. The van der Waals surface area contributed by atoms with Crippen molar-refractivity contribution in [2.75, 3.05) is 11.9 Å². The fourth-order valence-corrected chi connectivity index (χ4v) is 6.88. The van der Waals surface area contributed by atoms with Gasteiger partial charge in [-0.15, -0.1) is 0 Å². The third-order valence-corrected chi connectivity index (χ3v) is 9.47. The van der Waals surface area contributed by atoms with Gasteiger partial charge in [0.1, 0.15) is 23.7 Å². The first kappa shape index (κ1) is 31.6. The Hall–Kier alpha value is -4.35. The van der Waals surface area contributed by atoms with Gasteiger partial charge in [0.05, 0.1) is 12.1 Å². The number of aliphatic carboxylic acids is 1. The largest absolute Gasteiger partial charge is 0.479 e. The van der Waals surface area contributed by atoms with Crippen LogP contribution in [0.5, 0.6) is 5.88 Å². The number of rotatable bonds is 5. The Labute approximate surface area is 264 Å². The lowest BCUT2D eigenvalue weighted by molar-refractivity contribution is -0.145. The summed E-state index contributed by atoms with van der Waals surface area (Å²) in [6.07, 6.45) is 1.91. The molecule has 2 amide bonds. The average molecular weight is 639 g/mol. The molecule has 0 bridgehead atoms. The number of hydrogen-bond acceptors (Lipinski definition) is 6. The number of ether oxygens (including phenoxy) is 1. The first-order valence-electron chi connectivity index (χ1n) is 15.9. The monoisotopic (exact) mass is 638 g/mol. The minimum absolute atomic E-state index is 0.0199. The summed E-state index contributed by atoms with van der Waals surface area (Å²) >= 11 is 0. The van der Waals surface area contributed by atoms with E-state index >= 15 is 0 Å². The number of alkyl halides is 3. The number of halogens is 3. The molecule has 46 heavy (non-hydrogen) atoms. The van der Waals surface area contributed by atoms with E-state index in [1.807, 2.05) is 30.3 Å². The zero-order chi connectivity index (χ0) is 32.5. The lowest BCUT2D eigenvalue weighted by Gasteiger charge is -2.30. The molecule has 1 aliphatic carbocycles. The molecule has 6 rings (SSSR count). The molecule has 3 aliphatic rings. The van der Waals surface area contributed by atoms with Gasteiger partial charge in [0.2, 0.25) is 17.7 Å². The van der Waals surface area contributed by atoms with Crippen LogP contribution in [-0.2, 0) is 20.6 Å². The van der Waals surface area contributed by atoms with Crippen molar-refractivity contribution in [3.8, 4) is 5.88 Å². The summed E-state index contributed by atoms with van der Waals surface area (Å²) in [7, 11) is 0. The van der Waals surface area contributed by atoms with E-state index in [1.165, 1.54) is 17.0 Å². The van der Waals surface area contributed by atoms with E-state index in [4.69, 9.17) is 4.74 Å². The number of pyridine rings is 1. The maximum atomic E-state index is 14.3. The van der Waals surface area contributed by atoms with Crippen LogP contribution < -0.4 is 15.4 Å². The molecule has 9 nitrogen and oxygen atoms in total. The van der Waals surface area contributed by atoms with Crippen LogP contribution in [0.15, 0.2) is 60.8 Å². The molecule has 0 spiro atoms. The predicted octanol–water partition coefficient (Wildman–Crippen LogP) is 5.79. The number of carbonyl (C=O) groups is 3. The van der Waals surface area contributed by atoms with Crippen molar-refractivity contribution in [2.45, 2.75) is 87.7 Å². The molecule has 2 saturated heterocycles. The van der Waals surface area contributed by atoms with E-state index in [2.05, 4.69) is 15.6 Å². The number of carbonyl (C=O) groups excluding carboxylic acids is 2. The molecule has 3 fully saturated rings. The summed E-state index contributed by atoms with van der Waals surface area (Å²) in [5.74, 6) is -1.97. The number of benzene rings is 2. The molecule has 244 valence electrons. The first-order valence-corrected chi connectivity index (χ1v) is 15.9. The van der Waals surface area contributed by atoms with E-state index in [0.29, 0.717) is 31.6 Å². The smallest absolute Gasteiger partial charge is 0.416 e. The first-order chi connectivity index (χ1) is 22.0. The average Bonchev–Trinajstić information content (AvgIpc) is 3.56. The third kappa shape index (κ3) is 6.61. The topological polar surface area (TPSA) is 121 Å². The maximum Gasteiger partial charge on any atom is 0.416 e. The highest BCUT2D eigenvalue weighted by atomic mass is 19.4. The Balaban J connectivity index is 1.31. The minimum Gasteiger partial charge on any atom is -0.479 e. The molecule has 0 radical (unpaired) electrons. The lowest BCUT2D eigenvalue weighted by Crippen LogP contribution is -2.55. The van der Waals surface area contributed by atoms with Crippen molar-refractivity contribution in [1.82, 2.24) is 15.2 Å². The van der Waals surface area contributed by atoms with Crippen LogP contribution in [0, 0.1) is 5.92 Å². The zero-order valence-electron chi connectivity index (χ0n) is 25.3. The van der Waals surface area contributed by atoms with Gasteiger partial charge in [0, 0.05) is 23.7 Å². The van der Waals surface area contributed by atoms with Crippen molar-refractivity contribution >= 4 is 34.2 Å². The summed E-state index contributed by atoms with van der Waals surface area (Å²) < 4.78 is 46.7. The normalized spacial score (nSPS) is 27.5. The molecule has 3 heterocycles. The summed E-state index contributed by atoms with van der Waals surface area (Å²) in [4.78, 5) is 46.3. The van der Waals surface area contributed by atoms with Gasteiger partial charge in [0.25, 0.3) is 0 Å². The number of fused-ring (bicyclic) bond motifs is 3. The molecule has 1 saturated carbocycles. The molecule has 0 unspecified atom stereocenters. The van der Waals surface area contributed by atoms with Gasteiger partial charge in [-0.05, 0) is 60.9 Å². The number of carboxylic acid groups (broad SMARTS) is 1. The molecule has 1 aromatic heterocycles. The molecular weight excluding hydrogens is 601 g/mol. The van der Waals surface area contributed by atoms with Gasteiger partial charge in [-0.25, -0.2) is 9.78 Å². The standard InChI is InChI=1S/C34H37F3N4O5/c35-34(36,37)22-11-8-12-24(17-22)39-27-14-5-3-1-2-4-10-23-19-33(23,32(44)45)40-29(42)28-18-25(20-41(28)31(27)43)46-30-26-13-7-6-9-21(26)15-16-38-30/h6-9,11-13,15-17,23,25,27-28,39H,1-5,10,14,18-20H2,(H,40,42)(H,44,45)/t23-,25-,27+,28+,33-/m1/s1. The summed E-state index contributed by atoms with van der Waals surface area (Å²) in [6.45, 7) is 0.0199. The zero-order valence-corrected chi connectivity index (χ0v) is 25.3. The maximum absolute atomic E-state index is 14.3. The van der Waals surface area contributed by atoms with Crippen LogP contribution in [0.2, 0.25) is 0 Å². The highest BCUT2D eigenvalue weighted by molar-refractivity contribution is 5.96. The van der Waals surface area contributed by atoms with Crippen LogP contribution in [0.25, 0.3) is 10.8 Å². The molecule has 2 aromatic carbocycles. The van der Waals surface area contributed by atoms with Gasteiger partial charge < -0.3 is 25.4 Å². The van der Waals surface area contributed by atoms with Gasteiger partial charge in [-0.1, -0.05) is 56.4 Å². The van der Waals surface area contributed by atoms with Gasteiger partial charge in [-0.2, -0.15) is 13.2 Å². The van der Waals surface area contributed by atoms with E-state index in [9.17, 15) is 32.7 Å². The number of nitrogens with zero attached hydrogens (tertiary/aromatic N) is 2. The SMILES string of the molecule is O=C1N[C@]2(C(=O)O)C[C@H]2CCCCCCC[C@H](Nc2cccc(C(F)(F)F)c2)C(=O)N2C[C@H](Oc3nccc4ccccc34)C[C@@H]12. The number of carboxylic acids is 1. The molecule has 2 aliphatic heterocycles. The number of amides is 2. The van der Waals surface area contributed by atoms with E-state index in [1.54, 1.807) is 6.20 Å². The molecular formula is C34H37F3N4O5. The lowest BCUT2D eigenvalue weighted by atomic mass is 10.0. The number of aromatic nitrogens is 1. The highest BCUT2D eigenvalue weighted by Crippen LogP contribution is 2.47. The predicted molar refractivity (Wildman–Crippen MR) is 164 cm³/mol. The number of nitrogens with one attached hydrogen (secondary N) is 2. The third-order valence-electron chi connectivity index (χ3n) is 9.47. The molecule has 3 aromatic rings. The fourth-order valence-electron chi connectivity index (χ4n) is 6.88. The Morgan fingerprint density at radius 3 is 2.57 bits per heavy atom. The quantitative estimate of drug-likeness (QED) is 0.324. The summed E-state index contributed by atoms with van der Waals surface area (Å²) in [5, 5.41) is 17.6. The van der Waals surface area contributed by atoms with Crippen molar-refractivity contribution in [1.29, 1.82) is 0 Å². The molecule has 5 atom stereocenters. The highest BCUT2D eigenvalue weighted by Gasteiger charge is 2.62. The van der Waals surface area contributed by atoms with Gasteiger partial charge >= 0.3 is 12.1 Å². The Kier molecular flexibility index (Phi) is 8.80. The van der Waals surface area contributed by atoms with Crippen LogP contribution in [-0.4, -0.2) is 63.0 Å². The fraction of sp³-hybridized carbons (Fsp3) is 0.471. The van der Waals surface area contributed by atoms with Crippen LogP contribution in [0.1, 0.15) is 63.4 Å².